The zero-order chi connectivity index (χ0) is 12.1. The third-order valence-electron chi connectivity index (χ3n) is 2.09. The van der Waals surface area contributed by atoms with Crippen LogP contribution in [0.25, 0.3) is 12.5 Å². The molecule has 0 aliphatic carbocycles. The summed E-state index contributed by atoms with van der Waals surface area (Å²) in [6.07, 6.45) is 0. The second-order valence-electron chi connectivity index (χ2n) is 3.08. The second kappa shape index (κ2) is 7.16. The van der Waals surface area contributed by atoms with E-state index in [-0.39, 0.29) is 18.9 Å². The van der Waals surface area contributed by atoms with Gasteiger partial charge < -0.3 is 19.3 Å². The molecule has 0 radical (unpaired) electrons. The Kier molecular flexibility index (Phi) is 6.63. The first-order chi connectivity index (χ1) is 7.63. The molecule has 0 unspecified atom stereocenters. The van der Waals surface area contributed by atoms with E-state index in [2.05, 4.69) is 6.58 Å². The van der Waals surface area contributed by atoms with Gasteiger partial charge in [-0.3, -0.25) is 0 Å². The van der Waals surface area contributed by atoms with Crippen molar-refractivity contribution in [1.82, 2.24) is 0 Å². The summed E-state index contributed by atoms with van der Waals surface area (Å²) in [5.41, 5.74) is 0. The Hall–Kier alpha value is -1.24. The maximum atomic E-state index is 11.7. The van der Waals surface area contributed by atoms with Crippen LogP contribution in [0.1, 0.15) is 6.92 Å². The van der Waals surface area contributed by atoms with Crippen LogP contribution < -0.4 is 43.9 Å². The summed E-state index contributed by atoms with van der Waals surface area (Å²) >= 11 is 0. The fourth-order valence-corrected chi connectivity index (χ4v) is 1.36. The summed E-state index contributed by atoms with van der Waals surface area (Å²) in [4.78, 5) is 0. The topological polar surface area (TPSA) is 50.8 Å². The summed E-state index contributed by atoms with van der Waals surface area (Å²) < 4.78 is 15.1. The minimum atomic E-state index is -0.438. The van der Waals surface area contributed by atoms with Gasteiger partial charge in [0.2, 0.25) is 0 Å². The average Bonchev–Trinajstić information content (AvgIpc) is 2.27. The van der Waals surface area contributed by atoms with Crippen LogP contribution in [-0.4, -0.2) is 20.8 Å². The first kappa shape index (κ1) is 15.8. The Bertz CT molecular complexity index is 470. The van der Waals surface area contributed by atoms with Crippen molar-refractivity contribution < 1.29 is 38.2 Å². The van der Waals surface area contributed by atoms with E-state index in [1.165, 1.54) is 14.2 Å². The minimum Gasteiger partial charge on any atom is -0.613 e. The fraction of sp³-hybridized carbons (Fsp3) is 0.333. The fourth-order valence-electron chi connectivity index (χ4n) is 1.36. The van der Waals surface area contributed by atoms with Gasteiger partial charge in [0, 0.05) is 11.3 Å². The maximum Gasteiger partial charge on any atom is 1.00 e. The Morgan fingerprint density at radius 2 is 1.94 bits per heavy atom. The molecule has 0 saturated carbocycles. The van der Waals surface area contributed by atoms with Crippen molar-refractivity contribution in [3.8, 4) is 11.5 Å². The van der Waals surface area contributed by atoms with E-state index >= 15 is 0 Å². The number of benzene rings is 1. The van der Waals surface area contributed by atoms with Crippen molar-refractivity contribution in [1.29, 1.82) is 0 Å². The molecule has 17 heavy (non-hydrogen) atoms. The van der Waals surface area contributed by atoms with E-state index in [9.17, 15) is 5.11 Å². The van der Waals surface area contributed by atoms with Crippen molar-refractivity contribution in [2.24, 2.45) is 0 Å². The third-order valence-corrected chi connectivity index (χ3v) is 2.09. The third kappa shape index (κ3) is 3.62. The van der Waals surface area contributed by atoms with Crippen molar-refractivity contribution in [2.75, 3.05) is 20.8 Å². The Labute approximate surface area is 113 Å². The van der Waals surface area contributed by atoms with Crippen LogP contribution in [0.4, 0.5) is 0 Å². The summed E-state index contributed by atoms with van der Waals surface area (Å²) in [6.45, 7) is 5.84. The number of hydrogen-bond donors (Lipinski definition) is 0. The standard InChI is InChI=1S/C12H16O4.Li/c1-5-16-12(13)11-8(2)6-9(14-3)7-10(11)15-4;/h6-7,13H,2,5H2,1,3-4H3;/q;+1/p-1/b12-11-;. The number of ether oxygens (including phenoxy) is 3. The summed E-state index contributed by atoms with van der Waals surface area (Å²) in [7, 11) is 3.02. The molecule has 4 nitrogen and oxygen atoms in total. The van der Waals surface area contributed by atoms with E-state index in [1.807, 2.05) is 0 Å². The smallest absolute Gasteiger partial charge is 0.613 e. The van der Waals surface area contributed by atoms with Crippen LogP contribution in [0.5, 0.6) is 11.5 Å². The van der Waals surface area contributed by atoms with Crippen LogP contribution in [0.15, 0.2) is 12.1 Å². The van der Waals surface area contributed by atoms with E-state index in [0.29, 0.717) is 28.5 Å². The predicted octanol–water partition coefficient (Wildman–Crippen LogP) is -3.42. The Morgan fingerprint density at radius 3 is 2.41 bits per heavy atom. The molecule has 0 aliphatic heterocycles. The Morgan fingerprint density at radius 1 is 1.29 bits per heavy atom. The van der Waals surface area contributed by atoms with Crippen LogP contribution in [-0.2, 0) is 4.74 Å². The number of methoxy groups -OCH3 is 2. The molecule has 0 atom stereocenters. The molecular formula is C12H15LiO4. The molecule has 88 valence electrons. The SMILES string of the molecule is C=c1cc(OC)cc(OC)/c1=C(/[O-])OCC.[Li+]. The van der Waals surface area contributed by atoms with Crippen molar-refractivity contribution >= 4 is 12.5 Å². The molecule has 0 fully saturated rings. The molecule has 0 bridgehead atoms. The molecule has 0 saturated heterocycles. The van der Waals surface area contributed by atoms with Crippen LogP contribution in [0.2, 0.25) is 0 Å². The van der Waals surface area contributed by atoms with Gasteiger partial charge in [0.1, 0.15) is 11.5 Å². The normalized spacial score (nSPS) is 11.2. The van der Waals surface area contributed by atoms with E-state index in [0.717, 1.165) is 0 Å². The molecule has 1 aromatic carbocycles. The van der Waals surface area contributed by atoms with Crippen LogP contribution in [0.3, 0.4) is 0 Å². The number of hydrogen-bond acceptors (Lipinski definition) is 4. The van der Waals surface area contributed by atoms with Crippen molar-refractivity contribution in [3.05, 3.63) is 22.6 Å². The monoisotopic (exact) mass is 230 g/mol. The summed E-state index contributed by atoms with van der Waals surface area (Å²) in [5, 5.41) is 12.5. The maximum absolute atomic E-state index is 11.7. The first-order valence-corrected chi connectivity index (χ1v) is 4.89. The molecule has 5 heteroatoms. The van der Waals surface area contributed by atoms with Gasteiger partial charge in [-0.25, -0.2) is 0 Å². The summed E-state index contributed by atoms with van der Waals surface area (Å²) in [6, 6.07) is 3.29. The van der Waals surface area contributed by atoms with E-state index in [1.54, 1.807) is 19.1 Å². The molecule has 0 heterocycles. The largest absolute Gasteiger partial charge is 1.00 e. The molecule has 1 aromatic rings. The zero-order valence-corrected chi connectivity index (χ0v) is 10.7. The zero-order valence-electron chi connectivity index (χ0n) is 10.7. The average molecular weight is 230 g/mol. The molecule has 0 aliphatic rings. The van der Waals surface area contributed by atoms with Crippen molar-refractivity contribution in [2.45, 2.75) is 6.92 Å². The predicted molar refractivity (Wildman–Crippen MR) is 59.4 cm³/mol. The van der Waals surface area contributed by atoms with Gasteiger partial charge in [-0.2, -0.15) is 0 Å². The molecule has 0 spiro atoms. The van der Waals surface area contributed by atoms with Crippen LogP contribution in [0, 0.1) is 0 Å². The van der Waals surface area contributed by atoms with Gasteiger partial charge >= 0.3 is 18.9 Å². The van der Waals surface area contributed by atoms with Crippen molar-refractivity contribution in [3.63, 3.8) is 0 Å². The van der Waals surface area contributed by atoms with Crippen LogP contribution >= 0.6 is 0 Å². The molecule has 0 N–H and O–H groups in total. The minimum absolute atomic E-state index is 0. The Balaban J connectivity index is 0.00000256. The van der Waals surface area contributed by atoms with Gasteiger partial charge in [0.15, 0.2) is 0 Å². The van der Waals surface area contributed by atoms with Gasteiger partial charge in [0.05, 0.1) is 20.2 Å². The van der Waals surface area contributed by atoms with Gasteiger partial charge in [-0.05, 0) is 17.9 Å². The van der Waals surface area contributed by atoms with E-state index < -0.39 is 5.95 Å². The second-order valence-corrected chi connectivity index (χ2v) is 3.08. The molecule has 0 amide bonds. The number of rotatable bonds is 4. The van der Waals surface area contributed by atoms with Gasteiger partial charge in [-0.15, -0.1) is 0 Å². The molecule has 0 aromatic heterocycles. The molecular weight excluding hydrogens is 215 g/mol. The first-order valence-electron chi connectivity index (χ1n) is 4.89. The summed E-state index contributed by atoms with van der Waals surface area (Å²) in [5.74, 6) is 0.560. The molecule has 1 rings (SSSR count). The quantitative estimate of drug-likeness (QED) is 0.505. The van der Waals surface area contributed by atoms with Gasteiger partial charge in [-0.1, -0.05) is 13.5 Å². The van der Waals surface area contributed by atoms with Gasteiger partial charge in [0.25, 0.3) is 0 Å². The van der Waals surface area contributed by atoms with E-state index in [4.69, 9.17) is 14.2 Å².